The fourth-order valence-electron chi connectivity index (χ4n) is 2.31. The van der Waals surface area contributed by atoms with Gasteiger partial charge in [-0.25, -0.2) is 0 Å². The Balaban J connectivity index is 2.35. The zero-order valence-electron chi connectivity index (χ0n) is 13.6. The van der Waals surface area contributed by atoms with Crippen molar-refractivity contribution in [3.8, 4) is 17.0 Å². The third-order valence-electron chi connectivity index (χ3n) is 3.40. The summed E-state index contributed by atoms with van der Waals surface area (Å²) in [6.07, 6.45) is 1.26. The van der Waals surface area contributed by atoms with E-state index < -0.39 is 0 Å². The SMILES string of the molecule is CCc1[nH]nc(-c2cccc(OC)c2)c1NC(=O)CC(C)C. The zero-order valence-corrected chi connectivity index (χ0v) is 13.6. The van der Waals surface area contributed by atoms with Gasteiger partial charge in [-0.1, -0.05) is 32.9 Å². The highest BCUT2D eigenvalue weighted by Gasteiger charge is 2.17. The number of nitrogens with zero attached hydrogens (tertiary/aromatic N) is 1. The van der Waals surface area contributed by atoms with Crippen LogP contribution in [-0.2, 0) is 11.2 Å². The van der Waals surface area contributed by atoms with Crippen molar-refractivity contribution >= 4 is 11.6 Å². The van der Waals surface area contributed by atoms with E-state index in [1.807, 2.05) is 45.0 Å². The first kappa shape index (κ1) is 16.1. The normalized spacial score (nSPS) is 10.8. The highest BCUT2D eigenvalue weighted by molar-refractivity contribution is 5.95. The summed E-state index contributed by atoms with van der Waals surface area (Å²) in [5, 5.41) is 10.4. The molecule has 2 aromatic rings. The molecule has 5 heteroatoms. The number of carbonyl (C=O) groups is 1. The van der Waals surface area contributed by atoms with Crippen LogP contribution in [0.1, 0.15) is 32.9 Å². The lowest BCUT2D eigenvalue weighted by Gasteiger charge is -2.10. The highest BCUT2D eigenvalue weighted by atomic mass is 16.5. The zero-order chi connectivity index (χ0) is 16.1. The fraction of sp³-hybridized carbons (Fsp3) is 0.412. The number of amides is 1. The van der Waals surface area contributed by atoms with Crippen molar-refractivity contribution < 1.29 is 9.53 Å². The Bertz CT molecular complexity index is 647. The number of ether oxygens (including phenoxy) is 1. The lowest BCUT2D eigenvalue weighted by Crippen LogP contribution is -2.15. The van der Waals surface area contributed by atoms with E-state index in [0.717, 1.165) is 34.8 Å². The molecule has 0 saturated heterocycles. The van der Waals surface area contributed by atoms with Gasteiger partial charge >= 0.3 is 0 Å². The van der Waals surface area contributed by atoms with Crippen molar-refractivity contribution in [3.05, 3.63) is 30.0 Å². The van der Waals surface area contributed by atoms with Gasteiger partial charge in [0.05, 0.1) is 18.5 Å². The summed E-state index contributed by atoms with van der Waals surface area (Å²) in [5.41, 5.74) is 3.35. The van der Waals surface area contributed by atoms with E-state index in [0.29, 0.717) is 12.3 Å². The molecule has 2 N–H and O–H groups in total. The number of rotatable bonds is 6. The quantitative estimate of drug-likeness (QED) is 0.856. The summed E-state index contributed by atoms with van der Waals surface area (Å²) < 4.78 is 5.26. The van der Waals surface area contributed by atoms with Crippen molar-refractivity contribution in [1.29, 1.82) is 0 Å². The number of anilines is 1. The number of aromatic amines is 1. The molecule has 0 aliphatic rings. The molecule has 22 heavy (non-hydrogen) atoms. The fourth-order valence-corrected chi connectivity index (χ4v) is 2.31. The number of hydrogen-bond acceptors (Lipinski definition) is 3. The molecule has 5 nitrogen and oxygen atoms in total. The summed E-state index contributed by atoms with van der Waals surface area (Å²) in [6, 6.07) is 7.66. The largest absolute Gasteiger partial charge is 0.497 e. The highest BCUT2D eigenvalue weighted by Crippen LogP contribution is 2.31. The van der Waals surface area contributed by atoms with Gasteiger partial charge in [0.15, 0.2) is 0 Å². The topological polar surface area (TPSA) is 67.0 Å². The predicted octanol–water partition coefficient (Wildman–Crippen LogP) is 3.63. The number of nitrogens with one attached hydrogen (secondary N) is 2. The van der Waals surface area contributed by atoms with Crippen LogP contribution in [-0.4, -0.2) is 23.2 Å². The molecule has 118 valence electrons. The molecule has 0 radical (unpaired) electrons. The van der Waals surface area contributed by atoms with Crippen molar-refractivity contribution in [3.63, 3.8) is 0 Å². The third-order valence-corrected chi connectivity index (χ3v) is 3.40. The molecule has 1 heterocycles. The number of benzene rings is 1. The van der Waals surface area contributed by atoms with E-state index in [4.69, 9.17) is 4.74 Å². The van der Waals surface area contributed by atoms with Crippen LogP contribution >= 0.6 is 0 Å². The number of hydrogen-bond donors (Lipinski definition) is 2. The molecule has 1 aromatic carbocycles. The molecule has 0 bridgehead atoms. The molecule has 1 aromatic heterocycles. The van der Waals surface area contributed by atoms with Gasteiger partial charge in [-0.15, -0.1) is 0 Å². The maximum atomic E-state index is 12.1. The monoisotopic (exact) mass is 301 g/mol. The van der Waals surface area contributed by atoms with E-state index in [1.54, 1.807) is 7.11 Å². The molecule has 2 rings (SSSR count). The van der Waals surface area contributed by atoms with Crippen LogP contribution in [0.15, 0.2) is 24.3 Å². The van der Waals surface area contributed by atoms with Gasteiger partial charge in [-0.05, 0) is 24.5 Å². The summed E-state index contributed by atoms with van der Waals surface area (Å²) >= 11 is 0. The molecule has 0 aliphatic heterocycles. The minimum absolute atomic E-state index is 0.00949. The smallest absolute Gasteiger partial charge is 0.224 e. The van der Waals surface area contributed by atoms with Gasteiger partial charge in [0.2, 0.25) is 5.91 Å². The maximum Gasteiger partial charge on any atom is 0.224 e. The number of H-pyrrole nitrogens is 1. The number of aromatic nitrogens is 2. The Labute approximate surface area is 131 Å². The summed E-state index contributed by atoms with van der Waals surface area (Å²) in [6.45, 7) is 6.08. The first-order valence-electron chi connectivity index (χ1n) is 7.56. The molecule has 0 unspecified atom stereocenters. The van der Waals surface area contributed by atoms with Crippen LogP contribution in [0.25, 0.3) is 11.3 Å². The third kappa shape index (κ3) is 3.67. The number of aryl methyl sites for hydroxylation is 1. The molecule has 1 amide bonds. The van der Waals surface area contributed by atoms with Gasteiger partial charge in [0, 0.05) is 12.0 Å². The second kappa shape index (κ2) is 7.11. The Morgan fingerprint density at radius 3 is 2.82 bits per heavy atom. The average Bonchev–Trinajstić information content (AvgIpc) is 2.89. The standard InChI is InChI=1S/C17H23N3O2/c1-5-14-17(18-15(21)9-11(2)3)16(20-19-14)12-7-6-8-13(10-12)22-4/h6-8,10-11H,5,9H2,1-4H3,(H,18,21)(H,19,20). The minimum atomic E-state index is 0.00949. The van der Waals surface area contributed by atoms with Gasteiger partial charge in [0.25, 0.3) is 0 Å². The van der Waals surface area contributed by atoms with E-state index in [1.165, 1.54) is 0 Å². The molecule has 0 fully saturated rings. The Hall–Kier alpha value is -2.30. The van der Waals surface area contributed by atoms with E-state index >= 15 is 0 Å². The van der Waals surface area contributed by atoms with Crippen LogP contribution in [0, 0.1) is 5.92 Å². The van der Waals surface area contributed by atoms with E-state index in [-0.39, 0.29) is 5.91 Å². The molecule has 0 saturated carbocycles. The molecule has 0 aliphatic carbocycles. The van der Waals surface area contributed by atoms with Crippen molar-refractivity contribution in [2.24, 2.45) is 5.92 Å². The summed E-state index contributed by atoms with van der Waals surface area (Å²) in [4.78, 5) is 12.1. The average molecular weight is 301 g/mol. The lowest BCUT2D eigenvalue weighted by molar-refractivity contribution is -0.116. The second-order valence-corrected chi connectivity index (χ2v) is 5.66. The van der Waals surface area contributed by atoms with Crippen LogP contribution in [0.4, 0.5) is 5.69 Å². The van der Waals surface area contributed by atoms with Crippen LogP contribution < -0.4 is 10.1 Å². The number of methoxy groups -OCH3 is 1. The van der Waals surface area contributed by atoms with Gasteiger partial charge < -0.3 is 10.1 Å². The van der Waals surface area contributed by atoms with Crippen molar-refractivity contribution in [2.75, 3.05) is 12.4 Å². The van der Waals surface area contributed by atoms with Gasteiger partial charge in [0.1, 0.15) is 11.4 Å². The van der Waals surface area contributed by atoms with E-state index in [9.17, 15) is 4.79 Å². The Kier molecular flexibility index (Phi) is 5.20. The first-order chi connectivity index (χ1) is 10.5. The second-order valence-electron chi connectivity index (χ2n) is 5.66. The predicted molar refractivity (Wildman–Crippen MR) is 88.0 cm³/mol. The first-order valence-corrected chi connectivity index (χ1v) is 7.56. The molecule has 0 spiro atoms. The summed E-state index contributed by atoms with van der Waals surface area (Å²) in [5.74, 6) is 1.09. The van der Waals surface area contributed by atoms with Crippen LogP contribution in [0.5, 0.6) is 5.75 Å². The number of carbonyl (C=O) groups excluding carboxylic acids is 1. The Morgan fingerprint density at radius 2 is 2.18 bits per heavy atom. The lowest BCUT2D eigenvalue weighted by atomic mass is 10.1. The Morgan fingerprint density at radius 1 is 1.41 bits per heavy atom. The van der Waals surface area contributed by atoms with Crippen molar-refractivity contribution in [1.82, 2.24) is 10.2 Å². The molecular formula is C17H23N3O2. The summed E-state index contributed by atoms with van der Waals surface area (Å²) in [7, 11) is 1.63. The van der Waals surface area contributed by atoms with Gasteiger partial charge in [-0.2, -0.15) is 5.10 Å². The maximum absolute atomic E-state index is 12.1. The molecular weight excluding hydrogens is 278 g/mol. The van der Waals surface area contributed by atoms with Crippen molar-refractivity contribution in [2.45, 2.75) is 33.6 Å². The molecule has 0 atom stereocenters. The van der Waals surface area contributed by atoms with E-state index in [2.05, 4.69) is 15.5 Å². The van der Waals surface area contributed by atoms with Crippen LogP contribution in [0.2, 0.25) is 0 Å². The van der Waals surface area contributed by atoms with Crippen LogP contribution in [0.3, 0.4) is 0 Å². The minimum Gasteiger partial charge on any atom is -0.497 e. The van der Waals surface area contributed by atoms with Gasteiger partial charge in [-0.3, -0.25) is 9.89 Å².